The number of aromatic nitrogens is 1. The molecule has 0 radical (unpaired) electrons. The van der Waals surface area contributed by atoms with Crippen molar-refractivity contribution in [3.63, 3.8) is 0 Å². The second-order valence-electron chi connectivity index (χ2n) is 13.0. The van der Waals surface area contributed by atoms with Crippen LogP contribution in [0.5, 0.6) is 11.5 Å². The van der Waals surface area contributed by atoms with E-state index in [2.05, 4.69) is 20.9 Å². The number of esters is 1. The van der Waals surface area contributed by atoms with E-state index < -0.39 is 58.7 Å². The zero-order valence-corrected chi connectivity index (χ0v) is 28.8. The number of hydrogen-bond acceptors (Lipinski definition) is 11. The number of nitrogens with zero attached hydrogens (tertiary/aromatic N) is 2. The Morgan fingerprint density at radius 1 is 0.907 bits per heavy atom. The molecule has 7 rings (SSSR count). The van der Waals surface area contributed by atoms with E-state index in [4.69, 9.17) is 9.47 Å². The van der Waals surface area contributed by atoms with Crippen molar-refractivity contribution in [2.24, 2.45) is 0 Å². The van der Waals surface area contributed by atoms with Crippen LogP contribution in [0.25, 0.3) is 11.1 Å². The highest BCUT2D eigenvalue weighted by Crippen LogP contribution is 2.35. The maximum atomic E-state index is 13.5. The van der Waals surface area contributed by atoms with Gasteiger partial charge in [-0.05, 0) is 53.4 Å². The Morgan fingerprint density at radius 3 is 2.31 bits per heavy atom. The van der Waals surface area contributed by atoms with Gasteiger partial charge in [-0.25, -0.2) is 9.78 Å². The molecule has 6 amide bonds. The Balaban J connectivity index is 0.971. The number of carbonyl (C=O) groups is 7. The molecule has 0 saturated carbocycles. The lowest BCUT2D eigenvalue weighted by Crippen LogP contribution is -2.56. The zero-order valence-electron chi connectivity index (χ0n) is 28.8. The van der Waals surface area contributed by atoms with Crippen LogP contribution in [0.15, 0.2) is 79.0 Å². The van der Waals surface area contributed by atoms with Gasteiger partial charge < -0.3 is 25.2 Å². The molecule has 0 bridgehead atoms. The molecule has 15 heteroatoms. The van der Waals surface area contributed by atoms with E-state index in [1.807, 2.05) is 24.3 Å². The number of ether oxygens (including phenoxy) is 2. The average molecular weight is 732 g/mol. The molecule has 1 aliphatic carbocycles. The number of benzene rings is 3. The Hall–Kier alpha value is -6.90. The van der Waals surface area contributed by atoms with Crippen molar-refractivity contribution >= 4 is 41.4 Å². The molecule has 1 aromatic heterocycles. The summed E-state index contributed by atoms with van der Waals surface area (Å²) in [4.78, 5) is 94.5. The minimum Gasteiger partial charge on any atom is -0.505 e. The van der Waals surface area contributed by atoms with Gasteiger partial charge in [0.1, 0.15) is 23.9 Å². The van der Waals surface area contributed by atoms with Crippen molar-refractivity contribution in [1.82, 2.24) is 25.8 Å². The van der Waals surface area contributed by atoms with Crippen LogP contribution >= 0.6 is 0 Å². The van der Waals surface area contributed by atoms with Gasteiger partial charge in [-0.2, -0.15) is 0 Å². The zero-order chi connectivity index (χ0) is 38.1. The fraction of sp³-hybridized carbons (Fsp3) is 0.231. The number of carbonyl (C=O) groups excluding carboxylic acids is 7. The number of nitrogens with one attached hydrogen (secondary N) is 3. The van der Waals surface area contributed by atoms with Gasteiger partial charge in [-0.15, -0.1) is 0 Å². The van der Waals surface area contributed by atoms with E-state index in [9.17, 15) is 38.7 Å². The third-order valence-corrected chi connectivity index (χ3v) is 9.70. The molecule has 4 aromatic rings. The molecular formula is C39H33N5O10. The van der Waals surface area contributed by atoms with E-state index >= 15 is 0 Å². The van der Waals surface area contributed by atoms with Crippen LogP contribution in [0.2, 0.25) is 0 Å². The normalized spacial score (nSPS) is 17.0. The van der Waals surface area contributed by atoms with E-state index in [-0.39, 0.29) is 72.5 Å². The van der Waals surface area contributed by atoms with Gasteiger partial charge >= 0.3 is 5.97 Å². The highest BCUT2D eigenvalue weighted by molar-refractivity contribution is 6.24. The summed E-state index contributed by atoms with van der Waals surface area (Å²) in [6, 6.07) is 18.6. The fourth-order valence-electron chi connectivity index (χ4n) is 7.06. The minimum absolute atomic E-state index is 0.00111. The third-order valence-electron chi connectivity index (χ3n) is 9.70. The van der Waals surface area contributed by atoms with Crippen LogP contribution in [-0.2, 0) is 32.0 Å². The molecule has 54 heavy (non-hydrogen) atoms. The highest BCUT2D eigenvalue weighted by atomic mass is 16.5. The number of rotatable bonds is 10. The number of methoxy groups -OCH3 is 1. The first-order valence-corrected chi connectivity index (χ1v) is 17.0. The smallest absolute Gasteiger partial charge is 0.332 e. The van der Waals surface area contributed by atoms with Crippen LogP contribution in [0.4, 0.5) is 0 Å². The molecule has 274 valence electrons. The number of amides is 6. The molecule has 4 N–H and O–H groups in total. The lowest BCUT2D eigenvalue weighted by Gasteiger charge is -2.27. The van der Waals surface area contributed by atoms with Crippen molar-refractivity contribution in [2.75, 3.05) is 20.3 Å². The lowest BCUT2D eigenvalue weighted by molar-refractivity contribution is -0.148. The van der Waals surface area contributed by atoms with Crippen molar-refractivity contribution in [2.45, 2.75) is 37.3 Å². The number of fused-ring (bicyclic) bond motifs is 2. The van der Waals surface area contributed by atoms with E-state index in [1.54, 1.807) is 12.1 Å². The maximum Gasteiger partial charge on any atom is 0.332 e. The van der Waals surface area contributed by atoms with Crippen LogP contribution in [-0.4, -0.2) is 88.2 Å². The highest BCUT2D eigenvalue weighted by Gasteiger charge is 2.47. The van der Waals surface area contributed by atoms with Crippen LogP contribution in [0, 0.1) is 0 Å². The van der Waals surface area contributed by atoms with Gasteiger partial charge in [0.25, 0.3) is 23.6 Å². The van der Waals surface area contributed by atoms with Gasteiger partial charge in [-0.3, -0.25) is 39.0 Å². The molecule has 2 aliphatic heterocycles. The molecule has 3 aliphatic rings. The number of imide groups is 2. The number of pyridine rings is 1. The standard InChI is InChI=1S/C39H33N5O10/c1-53-38(52)39(19-23-5-2-3-6-24(23)20-39)43-35(49)31-32(46)25(15-16-40-31)21-9-11-22(12-10-21)33(47)41-17-18-54-28-8-4-7-26-30(28)37(51)44(36(26)50)27-13-14-29(45)42-34(27)48/h2-12,15-16,27,46H,13-14,17-20H2,1H3,(H,41,47)(H,43,49)(H,42,45,48). The summed E-state index contributed by atoms with van der Waals surface area (Å²) in [5.41, 5.74) is 1.28. The predicted octanol–water partition coefficient (Wildman–Crippen LogP) is 2.10. The fourth-order valence-corrected chi connectivity index (χ4v) is 7.06. The monoisotopic (exact) mass is 731 g/mol. The molecule has 3 aromatic carbocycles. The van der Waals surface area contributed by atoms with Crippen LogP contribution in [0.1, 0.15) is 65.5 Å². The van der Waals surface area contributed by atoms with Gasteiger partial charge in [-0.1, -0.05) is 42.5 Å². The molecular weight excluding hydrogens is 698 g/mol. The topological polar surface area (TPSA) is 210 Å². The quantitative estimate of drug-likeness (QED) is 0.105. The summed E-state index contributed by atoms with van der Waals surface area (Å²) in [6.07, 6.45) is 1.82. The minimum atomic E-state index is -1.36. The second-order valence-corrected chi connectivity index (χ2v) is 13.0. The summed E-state index contributed by atoms with van der Waals surface area (Å²) in [5.74, 6) is -4.66. The Morgan fingerprint density at radius 2 is 1.63 bits per heavy atom. The van der Waals surface area contributed by atoms with E-state index in [1.165, 1.54) is 49.7 Å². The first-order chi connectivity index (χ1) is 26.0. The van der Waals surface area contributed by atoms with Crippen molar-refractivity contribution < 1.29 is 48.1 Å². The summed E-state index contributed by atoms with van der Waals surface area (Å²) in [7, 11) is 1.25. The van der Waals surface area contributed by atoms with Crippen molar-refractivity contribution in [3.8, 4) is 22.6 Å². The molecule has 1 fully saturated rings. The first kappa shape index (κ1) is 35.5. The van der Waals surface area contributed by atoms with E-state index in [0.29, 0.717) is 5.56 Å². The molecule has 1 saturated heterocycles. The summed E-state index contributed by atoms with van der Waals surface area (Å²) >= 11 is 0. The van der Waals surface area contributed by atoms with Crippen LogP contribution in [0.3, 0.4) is 0 Å². The Labute approximate surface area is 307 Å². The van der Waals surface area contributed by atoms with Gasteiger partial charge in [0, 0.05) is 36.6 Å². The molecule has 0 spiro atoms. The van der Waals surface area contributed by atoms with Gasteiger partial charge in [0.05, 0.1) is 24.8 Å². The maximum absolute atomic E-state index is 13.5. The SMILES string of the molecule is COC(=O)C1(NC(=O)c2nccc(-c3ccc(C(=O)NCCOc4cccc5c4C(=O)N(C4CCC(=O)NC4=O)C5=O)cc3)c2O)Cc2ccccc2C1. The molecule has 15 nitrogen and oxygen atoms in total. The molecule has 1 atom stereocenters. The second kappa shape index (κ2) is 14.3. The summed E-state index contributed by atoms with van der Waals surface area (Å²) < 4.78 is 10.8. The molecule has 3 heterocycles. The average Bonchev–Trinajstić information content (AvgIpc) is 3.67. The van der Waals surface area contributed by atoms with E-state index in [0.717, 1.165) is 16.0 Å². The Kier molecular flexibility index (Phi) is 9.37. The third kappa shape index (κ3) is 6.40. The lowest BCUT2D eigenvalue weighted by atomic mass is 9.95. The summed E-state index contributed by atoms with van der Waals surface area (Å²) in [6.45, 7) is -0.0236. The van der Waals surface area contributed by atoms with Crippen LogP contribution < -0.4 is 20.7 Å². The first-order valence-electron chi connectivity index (χ1n) is 17.0. The number of aromatic hydroxyl groups is 1. The Bertz CT molecular complexity index is 2230. The predicted molar refractivity (Wildman–Crippen MR) is 188 cm³/mol. The van der Waals surface area contributed by atoms with Crippen molar-refractivity contribution in [3.05, 3.63) is 113 Å². The largest absolute Gasteiger partial charge is 0.505 e. The number of hydrogen-bond donors (Lipinski definition) is 4. The molecule has 1 unspecified atom stereocenters. The van der Waals surface area contributed by atoms with Crippen molar-refractivity contribution in [1.29, 1.82) is 0 Å². The summed E-state index contributed by atoms with van der Waals surface area (Å²) in [5, 5.41) is 18.8. The van der Waals surface area contributed by atoms with Gasteiger partial charge in [0.2, 0.25) is 11.8 Å². The number of piperidine rings is 1. The van der Waals surface area contributed by atoms with Gasteiger partial charge in [0.15, 0.2) is 11.4 Å².